The largest absolute Gasteiger partial charge is 0.494 e. The van der Waals surface area contributed by atoms with Crippen molar-refractivity contribution in [2.45, 2.75) is 24.8 Å². The molecule has 0 aliphatic rings. The first kappa shape index (κ1) is 19.3. The fourth-order valence-corrected chi connectivity index (χ4v) is 3.61. The molecule has 8 heteroatoms. The van der Waals surface area contributed by atoms with Gasteiger partial charge in [-0.05, 0) is 44.2 Å². The molecule has 0 aliphatic carbocycles. The second kappa shape index (κ2) is 8.45. The van der Waals surface area contributed by atoms with E-state index in [-0.39, 0.29) is 5.78 Å². The van der Waals surface area contributed by atoms with Gasteiger partial charge in [-0.2, -0.15) is 0 Å². The van der Waals surface area contributed by atoms with E-state index >= 15 is 0 Å². The second-order valence-corrected chi connectivity index (χ2v) is 7.11. The van der Waals surface area contributed by atoms with E-state index in [0.717, 1.165) is 16.9 Å². The van der Waals surface area contributed by atoms with E-state index in [2.05, 4.69) is 10.2 Å². The van der Waals surface area contributed by atoms with Gasteiger partial charge in [-0.3, -0.25) is 4.79 Å². The van der Waals surface area contributed by atoms with Crippen LogP contribution in [0.5, 0.6) is 5.75 Å². The third-order valence-electron chi connectivity index (χ3n) is 3.90. The van der Waals surface area contributed by atoms with Crippen LogP contribution in [0, 0.1) is 0 Å². The number of hydrogen-bond acceptors (Lipinski definition) is 6. The van der Waals surface area contributed by atoms with Crippen molar-refractivity contribution in [3.8, 4) is 17.1 Å². The number of carbonyl (C=O) groups excluding carboxylic acids is 1. The number of rotatable bonds is 7. The Labute approximate surface area is 166 Å². The average molecular weight is 403 g/mol. The molecular formula is C19H19ClN4O2S. The van der Waals surface area contributed by atoms with Gasteiger partial charge < -0.3 is 10.6 Å². The predicted molar refractivity (Wildman–Crippen MR) is 108 cm³/mol. The summed E-state index contributed by atoms with van der Waals surface area (Å²) in [5, 5.41) is 9.43. The van der Waals surface area contributed by atoms with Crippen LogP contribution in [0.1, 0.15) is 29.8 Å². The standard InChI is InChI=1S/C19H19ClN4O2S/c1-3-26-17-9-8-13(12(2)25)10-14(17)11-27-19-23-22-18(24(19)21)15-6-4-5-7-16(15)20/h4-10H,3,11,21H2,1-2H3. The first-order valence-electron chi connectivity index (χ1n) is 8.36. The normalized spacial score (nSPS) is 10.8. The van der Waals surface area contributed by atoms with Gasteiger partial charge in [0.1, 0.15) is 5.75 Å². The minimum Gasteiger partial charge on any atom is -0.494 e. The maximum absolute atomic E-state index is 11.7. The van der Waals surface area contributed by atoms with Crippen molar-refractivity contribution >= 4 is 29.1 Å². The highest BCUT2D eigenvalue weighted by Gasteiger charge is 2.16. The summed E-state index contributed by atoms with van der Waals surface area (Å²) in [6.45, 7) is 4.00. The second-order valence-electron chi connectivity index (χ2n) is 5.76. The van der Waals surface area contributed by atoms with Crippen molar-refractivity contribution in [2.75, 3.05) is 12.4 Å². The molecule has 1 aromatic heterocycles. The molecule has 0 saturated carbocycles. The number of aromatic nitrogens is 3. The van der Waals surface area contributed by atoms with Gasteiger partial charge in [0.05, 0.1) is 11.6 Å². The molecule has 0 saturated heterocycles. The van der Waals surface area contributed by atoms with Crippen LogP contribution in [-0.4, -0.2) is 27.3 Å². The lowest BCUT2D eigenvalue weighted by molar-refractivity contribution is 0.101. The maximum Gasteiger partial charge on any atom is 0.210 e. The number of nitrogens with two attached hydrogens (primary N) is 1. The van der Waals surface area contributed by atoms with Gasteiger partial charge in [0.25, 0.3) is 0 Å². The van der Waals surface area contributed by atoms with E-state index < -0.39 is 0 Å². The van der Waals surface area contributed by atoms with E-state index in [1.807, 2.05) is 37.3 Å². The molecule has 6 nitrogen and oxygen atoms in total. The van der Waals surface area contributed by atoms with Crippen LogP contribution >= 0.6 is 23.4 Å². The van der Waals surface area contributed by atoms with Crippen molar-refractivity contribution in [1.82, 2.24) is 14.9 Å². The zero-order valence-corrected chi connectivity index (χ0v) is 16.5. The van der Waals surface area contributed by atoms with Gasteiger partial charge in [0, 0.05) is 22.4 Å². The van der Waals surface area contributed by atoms with E-state index in [1.54, 1.807) is 19.1 Å². The van der Waals surface area contributed by atoms with Crippen molar-refractivity contribution in [1.29, 1.82) is 0 Å². The molecule has 3 aromatic rings. The lowest BCUT2D eigenvalue weighted by atomic mass is 10.1. The number of carbonyl (C=O) groups is 1. The molecule has 0 aliphatic heterocycles. The highest BCUT2D eigenvalue weighted by Crippen LogP contribution is 2.31. The van der Waals surface area contributed by atoms with Gasteiger partial charge in [0.2, 0.25) is 5.16 Å². The zero-order valence-electron chi connectivity index (χ0n) is 15.0. The lowest BCUT2D eigenvalue weighted by Gasteiger charge is -2.11. The van der Waals surface area contributed by atoms with Crippen LogP contribution in [0.3, 0.4) is 0 Å². The number of hydrogen-bond donors (Lipinski definition) is 1. The van der Waals surface area contributed by atoms with E-state index in [4.69, 9.17) is 22.2 Å². The van der Waals surface area contributed by atoms with Crippen molar-refractivity contribution in [3.05, 3.63) is 58.6 Å². The van der Waals surface area contributed by atoms with Crippen molar-refractivity contribution < 1.29 is 9.53 Å². The molecule has 0 unspecified atom stereocenters. The molecule has 3 rings (SSSR count). The van der Waals surface area contributed by atoms with Crippen LogP contribution in [0.25, 0.3) is 11.4 Å². The minimum atomic E-state index is 0.00676. The summed E-state index contributed by atoms with van der Waals surface area (Å²) >= 11 is 7.64. The Bertz CT molecular complexity index is 974. The molecule has 27 heavy (non-hydrogen) atoms. The topological polar surface area (TPSA) is 83.0 Å². The predicted octanol–water partition coefficient (Wildman–Crippen LogP) is 4.21. The summed E-state index contributed by atoms with van der Waals surface area (Å²) in [7, 11) is 0. The number of ether oxygens (including phenoxy) is 1. The molecular weight excluding hydrogens is 384 g/mol. The molecule has 0 fully saturated rings. The Morgan fingerprint density at radius 1 is 1.26 bits per heavy atom. The minimum absolute atomic E-state index is 0.00676. The third-order valence-corrected chi connectivity index (χ3v) is 5.22. The van der Waals surface area contributed by atoms with Crippen LogP contribution in [0.4, 0.5) is 0 Å². The van der Waals surface area contributed by atoms with Gasteiger partial charge in [0.15, 0.2) is 11.6 Å². The van der Waals surface area contributed by atoms with Crippen LogP contribution in [-0.2, 0) is 5.75 Å². The van der Waals surface area contributed by atoms with E-state index in [1.165, 1.54) is 16.4 Å². The highest BCUT2D eigenvalue weighted by molar-refractivity contribution is 7.98. The van der Waals surface area contributed by atoms with Crippen LogP contribution in [0.2, 0.25) is 5.02 Å². The van der Waals surface area contributed by atoms with Gasteiger partial charge in [-0.15, -0.1) is 10.2 Å². The number of Topliss-reactive ketones (excluding diaryl/α,β-unsaturated/α-hetero) is 1. The highest BCUT2D eigenvalue weighted by atomic mass is 35.5. The molecule has 1 heterocycles. The zero-order chi connectivity index (χ0) is 19.4. The maximum atomic E-state index is 11.7. The first-order valence-corrected chi connectivity index (χ1v) is 9.72. The Balaban J connectivity index is 1.84. The number of nitrogen functional groups attached to an aromatic ring is 1. The van der Waals surface area contributed by atoms with Crippen molar-refractivity contribution in [2.24, 2.45) is 0 Å². The number of thioether (sulfide) groups is 1. The summed E-state index contributed by atoms with van der Waals surface area (Å²) in [5.41, 5.74) is 2.26. The monoisotopic (exact) mass is 402 g/mol. The summed E-state index contributed by atoms with van der Waals surface area (Å²) in [6, 6.07) is 12.8. The van der Waals surface area contributed by atoms with E-state index in [9.17, 15) is 4.79 Å². The number of halogens is 1. The lowest BCUT2D eigenvalue weighted by Crippen LogP contribution is -2.11. The van der Waals surface area contributed by atoms with E-state index in [0.29, 0.717) is 33.9 Å². The number of benzene rings is 2. The number of nitrogens with zero attached hydrogens (tertiary/aromatic N) is 3. The summed E-state index contributed by atoms with van der Waals surface area (Å²) in [6.07, 6.45) is 0. The quantitative estimate of drug-likeness (QED) is 0.362. The van der Waals surface area contributed by atoms with Gasteiger partial charge >= 0.3 is 0 Å². The molecule has 0 bridgehead atoms. The average Bonchev–Trinajstić information content (AvgIpc) is 3.02. The third kappa shape index (κ3) is 4.26. The Hall–Kier alpha value is -2.51. The fraction of sp³-hybridized carbons (Fsp3) is 0.211. The Morgan fingerprint density at radius 3 is 2.74 bits per heavy atom. The summed E-state index contributed by atoms with van der Waals surface area (Å²) < 4.78 is 7.08. The molecule has 0 amide bonds. The molecule has 2 N–H and O–H groups in total. The number of ketones is 1. The molecule has 0 spiro atoms. The van der Waals surface area contributed by atoms with Gasteiger partial charge in [-0.1, -0.05) is 35.5 Å². The van der Waals surface area contributed by atoms with Crippen molar-refractivity contribution in [3.63, 3.8) is 0 Å². The molecule has 0 radical (unpaired) electrons. The Morgan fingerprint density at radius 2 is 2.04 bits per heavy atom. The SMILES string of the molecule is CCOc1ccc(C(C)=O)cc1CSc1nnc(-c2ccccc2Cl)n1N. The Kier molecular flexibility index (Phi) is 6.03. The smallest absolute Gasteiger partial charge is 0.210 e. The van der Waals surface area contributed by atoms with Crippen LogP contribution < -0.4 is 10.6 Å². The molecule has 2 aromatic carbocycles. The molecule has 0 atom stereocenters. The summed E-state index contributed by atoms with van der Waals surface area (Å²) in [5.74, 6) is 7.94. The fourth-order valence-electron chi connectivity index (χ4n) is 2.55. The molecule has 140 valence electrons. The summed E-state index contributed by atoms with van der Waals surface area (Å²) in [4.78, 5) is 11.7. The van der Waals surface area contributed by atoms with Crippen LogP contribution in [0.15, 0.2) is 47.6 Å². The first-order chi connectivity index (χ1) is 13.0. The van der Waals surface area contributed by atoms with Gasteiger partial charge in [-0.25, -0.2) is 4.68 Å².